The molecule has 2 rings (SSSR count). The number of hydrogen-bond acceptors (Lipinski definition) is 2. The molecule has 1 unspecified atom stereocenters. The van der Waals surface area contributed by atoms with Gasteiger partial charge >= 0.3 is 0 Å². The standard InChI is InChI=1S/C16H26N2/c1-14-9-11-18(13-16(2,3)17-14)12-10-15-7-5-4-6-8-15/h4-8,14,17H,9-13H2,1-3H3. The molecular formula is C16H26N2. The summed E-state index contributed by atoms with van der Waals surface area (Å²) in [5, 5.41) is 3.70. The molecule has 0 aromatic heterocycles. The van der Waals surface area contributed by atoms with Crippen molar-refractivity contribution in [3.05, 3.63) is 35.9 Å². The van der Waals surface area contributed by atoms with Gasteiger partial charge in [-0.1, -0.05) is 30.3 Å². The van der Waals surface area contributed by atoms with Gasteiger partial charge in [0, 0.05) is 24.7 Å². The average Bonchev–Trinajstić information content (AvgIpc) is 2.45. The Bertz CT molecular complexity index is 359. The Morgan fingerprint density at radius 1 is 1.28 bits per heavy atom. The Labute approximate surface area is 111 Å². The van der Waals surface area contributed by atoms with Gasteiger partial charge in [0.2, 0.25) is 0 Å². The summed E-state index contributed by atoms with van der Waals surface area (Å²) in [6.07, 6.45) is 2.41. The van der Waals surface area contributed by atoms with Gasteiger partial charge in [-0.25, -0.2) is 0 Å². The molecule has 1 atom stereocenters. The summed E-state index contributed by atoms with van der Waals surface area (Å²) in [4.78, 5) is 2.60. The first-order valence-electron chi connectivity index (χ1n) is 7.09. The largest absolute Gasteiger partial charge is 0.308 e. The van der Waals surface area contributed by atoms with E-state index in [9.17, 15) is 0 Å². The van der Waals surface area contributed by atoms with Crippen LogP contribution in [0.4, 0.5) is 0 Å². The second kappa shape index (κ2) is 5.85. The normalized spacial score (nSPS) is 24.7. The predicted molar refractivity (Wildman–Crippen MR) is 77.9 cm³/mol. The van der Waals surface area contributed by atoms with Gasteiger partial charge in [0.25, 0.3) is 0 Å². The molecule has 0 amide bonds. The molecule has 100 valence electrons. The maximum absolute atomic E-state index is 3.70. The van der Waals surface area contributed by atoms with E-state index >= 15 is 0 Å². The van der Waals surface area contributed by atoms with Crippen LogP contribution in [0.15, 0.2) is 30.3 Å². The van der Waals surface area contributed by atoms with E-state index < -0.39 is 0 Å². The number of nitrogens with zero attached hydrogens (tertiary/aromatic N) is 1. The van der Waals surface area contributed by atoms with Crippen LogP contribution < -0.4 is 5.32 Å². The van der Waals surface area contributed by atoms with Crippen molar-refractivity contribution < 1.29 is 0 Å². The minimum atomic E-state index is 0.229. The molecule has 1 saturated heterocycles. The number of nitrogens with one attached hydrogen (secondary N) is 1. The van der Waals surface area contributed by atoms with Gasteiger partial charge in [0.15, 0.2) is 0 Å². The second-order valence-corrected chi connectivity index (χ2v) is 6.23. The Hall–Kier alpha value is -0.860. The van der Waals surface area contributed by atoms with Crippen molar-refractivity contribution in [1.29, 1.82) is 0 Å². The van der Waals surface area contributed by atoms with E-state index in [2.05, 4.69) is 61.3 Å². The smallest absolute Gasteiger partial charge is 0.0254 e. The molecule has 18 heavy (non-hydrogen) atoms. The first-order chi connectivity index (χ1) is 8.55. The highest BCUT2D eigenvalue weighted by Gasteiger charge is 2.26. The average molecular weight is 246 g/mol. The first-order valence-corrected chi connectivity index (χ1v) is 7.09. The van der Waals surface area contributed by atoms with Gasteiger partial charge in [-0.3, -0.25) is 0 Å². The summed E-state index contributed by atoms with van der Waals surface area (Å²) in [7, 11) is 0. The van der Waals surface area contributed by atoms with Crippen LogP contribution in [0.25, 0.3) is 0 Å². The van der Waals surface area contributed by atoms with E-state index in [0.717, 1.165) is 13.0 Å². The molecule has 0 bridgehead atoms. The molecule has 1 aliphatic rings. The molecule has 1 aromatic carbocycles. The zero-order valence-corrected chi connectivity index (χ0v) is 11.9. The molecule has 1 aromatic rings. The van der Waals surface area contributed by atoms with Gasteiger partial charge in [0.1, 0.15) is 0 Å². The third kappa shape index (κ3) is 4.11. The summed E-state index contributed by atoms with van der Waals surface area (Å²) < 4.78 is 0. The van der Waals surface area contributed by atoms with Crippen LogP contribution in [0.2, 0.25) is 0 Å². The summed E-state index contributed by atoms with van der Waals surface area (Å²) in [6, 6.07) is 11.4. The molecule has 0 aliphatic carbocycles. The van der Waals surface area contributed by atoms with E-state index in [4.69, 9.17) is 0 Å². The minimum absolute atomic E-state index is 0.229. The highest BCUT2D eigenvalue weighted by Crippen LogP contribution is 2.14. The number of rotatable bonds is 3. The van der Waals surface area contributed by atoms with Crippen LogP contribution in [-0.2, 0) is 6.42 Å². The third-order valence-corrected chi connectivity index (χ3v) is 3.69. The molecule has 1 heterocycles. The molecular weight excluding hydrogens is 220 g/mol. The van der Waals surface area contributed by atoms with Crippen molar-refractivity contribution in [1.82, 2.24) is 10.2 Å². The first kappa shape index (κ1) is 13.6. The fourth-order valence-corrected chi connectivity index (χ4v) is 2.92. The lowest BCUT2D eigenvalue weighted by molar-refractivity contribution is 0.232. The van der Waals surface area contributed by atoms with Gasteiger partial charge in [-0.05, 0) is 45.7 Å². The zero-order chi connectivity index (χ0) is 13.0. The molecule has 0 spiro atoms. The Kier molecular flexibility index (Phi) is 4.41. The summed E-state index contributed by atoms with van der Waals surface area (Å²) in [5.74, 6) is 0. The highest BCUT2D eigenvalue weighted by atomic mass is 15.2. The Morgan fingerprint density at radius 3 is 2.72 bits per heavy atom. The fourth-order valence-electron chi connectivity index (χ4n) is 2.92. The Balaban J connectivity index is 1.89. The molecule has 2 heteroatoms. The van der Waals surface area contributed by atoms with Crippen LogP contribution in [-0.4, -0.2) is 36.1 Å². The maximum atomic E-state index is 3.70. The monoisotopic (exact) mass is 246 g/mol. The maximum Gasteiger partial charge on any atom is 0.0254 e. The number of benzene rings is 1. The van der Waals surface area contributed by atoms with Crippen molar-refractivity contribution in [2.75, 3.05) is 19.6 Å². The van der Waals surface area contributed by atoms with E-state index in [1.54, 1.807) is 0 Å². The van der Waals surface area contributed by atoms with Crippen molar-refractivity contribution >= 4 is 0 Å². The van der Waals surface area contributed by atoms with Gasteiger partial charge in [0.05, 0.1) is 0 Å². The highest BCUT2D eigenvalue weighted by molar-refractivity contribution is 5.14. The van der Waals surface area contributed by atoms with Crippen LogP contribution in [0, 0.1) is 0 Å². The van der Waals surface area contributed by atoms with Crippen molar-refractivity contribution in [3.8, 4) is 0 Å². The quantitative estimate of drug-likeness (QED) is 0.882. The Morgan fingerprint density at radius 2 is 2.00 bits per heavy atom. The lowest BCUT2D eigenvalue weighted by Gasteiger charge is -2.31. The lowest BCUT2D eigenvalue weighted by atomic mass is 10.0. The molecule has 1 N–H and O–H groups in total. The minimum Gasteiger partial charge on any atom is -0.308 e. The van der Waals surface area contributed by atoms with Crippen molar-refractivity contribution in [2.45, 2.75) is 45.2 Å². The van der Waals surface area contributed by atoms with Crippen LogP contribution in [0.1, 0.15) is 32.8 Å². The van der Waals surface area contributed by atoms with Gasteiger partial charge < -0.3 is 10.2 Å². The molecule has 0 radical (unpaired) electrons. The molecule has 1 fully saturated rings. The number of hydrogen-bond donors (Lipinski definition) is 1. The van der Waals surface area contributed by atoms with E-state index in [-0.39, 0.29) is 5.54 Å². The van der Waals surface area contributed by atoms with Crippen LogP contribution >= 0.6 is 0 Å². The SMILES string of the molecule is CC1CCN(CCc2ccccc2)CC(C)(C)N1. The molecule has 0 saturated carbocycles. The molecule has 2 nitrogen and oxygen atoms in total. The van der Waals surface area contributed by atoms with E-state index in [1.165, 1.54) is 25.1 Å². The van der Waals surface area contributed by atoms with Crippen LogP contribution in [0.5, 0.6) is 0 Å². The summed E-state index contributed by atoms with van der Waals surface area (Å²) in [5.41, 5.74) is 1.67. The summed E-state index contributed by atoms with van der Waals surface area (Å²) >= 11 is 0. The van der Waals surface area contributed by atoms with Crippen molar-refractivity contribution in [2.24, 2.45) is 0 Å². The zero-order valence-electron chi connectivity index (χ0n) is 11.9. The van der Waals surface area contributed by atoms with Crippen molar-refractivity contribution in [3.63, 3.8) is 0 Å². The third-order valence-electron chi connectivity index (χ3n) is 3.69. The van der Waals surface area contributed by atoms with Crippen LogP contribution in [0.3, 0.4) is 0 Å². The summed E-state index contributed by atoms with van der Waals surface area (Å²) in [6.45, 7) is 10.4. The van der Waals surface area contributed by atoms with E-state index in [1.807, 2.05) is 0 Å². The van der Waals surface area contributed by atoms with Gasteiger partial charge in [-0.15, -0.1) is 0 Å². The second-order valence-electron chi connectivity index (χ2n) is 6.23. The predicted octanol–water partition coefficient (Wildman–Crippen LogP) is 2.69. The van der Waals surface area contributed by atoms with E-state index in [0.29, 0.717) is 6.04 Å². The van der Waals surface area contributed by atoms with Gasteiger partial charge in [-0.2, -0.15) is 0 Å². The topological polar surface area (TPSA) is 15.3 Å². The molecule has 1 aliphatic heterocycles. The lowest BCUT2D eigenvalue weighted by Crippen LogP contribution is -2.49. The fraction of sp³-hybridized carbons (Fsp3) is 0.625.